The van der Waals surface area contributed by atoms with Crippen molar-refractivity contribution < 1.29 is 9.53 Å². The molecule has 0 bridgehead atoms. The largest absolute Gasteiger partial charge is 0.444 e. The summed E-state index contributed by atoms with van der Waals surface area (Å²) in [6.07, 6.45) is 2.06. The summed E-state index contributed by atoms with van der Waals surface area (Å²) in [6.45, 7) is 6.56. The van der Waals surface area contributed by atoms with Crippen molar-refractivity contribution in [1.82, 2.24) is 4.90 Å². The van der Waals surface area contributed by atoms with Crippen LogP contribution in [-0.4, -0.2) is 33.6 Å². The first kappa shape index (κ1) is 12.1. The number of nitrogens with zero attached hydrogens (tertiary/aromatic N) is 1. The molecule has 0 saturated carbocycles. The zero-order valence-corrected chi connectivity index (χ0v) is 11.2. The van der Waals surface area contributed by atoms with Crippen molar-refractivity contribution in [3.8, 4) is 0 Å². The molecule has 1 fully saturated rings. The van der Waals surface area contributed by atoms with Gasteiger partial charge in [-0.2, -0.15) is 0 Å². The minimum atomic E-state index is -0.379. The third-order valence-electron chi connectivity index (χ3n) is 2.18. The monoisotopic (exact) mass is 311 g/mol. The summed E-state index contributed by atoms with van der Waals surface area (Å²) in [5.41, 5.74) is -0.379. The van der Waals surface area contributed by atoms with Crippen molar-refractivity contribution in [2.45, 2.75) is 45.3 Å². The Morgan fingerprint density at radius 1 is 1.57 bits per heavy atom. The molecule has 3 nitrogen and oxygen atoms in total. The molecule has 1 heterocycles. The van der Waals surface area contributed by atoms with Crippen LogP contribution in [-0.2, 0) is 4.74 Å². The minimum Gasteiger partial charge on any atom is -0.444 e. The third kappa shape index (κ3) is 3.29. The van der Waals surface area contributed by atoms with Crippen LogP contribution in [0, 0.1) is 0 Å². The summed E-state index contributed by atoms with van der Waals surface area (Å²) >= 11 is 2.33. The molecule has 0 N–H and O–H groups in total. The highest BCUT2D eigenvalue weighted by Gasteiger charge is 2.31. The number of amides is 1. The molecule has 0 aromatic rings. The van der Waals surface area contributed by atoms with Gasteiger partial charge in [0.1, 0.15) is 5.60 Å². The summed E-state index contributed by atoms with van der Waals surface area (Å²) in [4.78, 5) is 13.6. The Labute approximate surface area is 99.3 Å². The fourth-order valence-electron chi connectivity index (χ4n) is 1.56. The normalized spacial score (nSPS) is 22.6. The van der Waals surface area contributed by atoms with Crippen LogP contribution in [0.25, 0.3) is 0 Å². The first-order valence-corrected chi connectivity index (χ1v) is 6.52. The molecule has 1 aliphatic heterocycles. The molecule has 0 aromatic carbocycles. The third-order valence-corrected chi connectivity index (χ3v) is 3.20. The van der Waals surface area contributed by atoms with Gasteiger partial charge >= 0.3 is 6.09 Å². The highest BCUT2D eigenvalue weighted by molar-refractivity contribution is 14.1. The number of hydrogen-bond acceptors (Lipinski definition) is 2. The lowest BCUT2D eigenvalue weighted by Crippen LogP contribution is -2.40. The summed E-state index contributed by atoms with van der Waals surface area (Å²) in [6, 6.07) is 0.380. The molecule has 1 saturated heterocycles. The van der Waals surface area contributed by atoms with E-state index in [0.29, 0.717) is 6.04 Å². The van der Waals surface area contributed by atoms with Crippen LogP contribution in [0.15, 0.2) is 0 Å². The quantitative estimate of drug-likeness (QED) is 0.550. The fourth-order valence-corrected chi connectivity index (χ4v) is 2.47. The molecule has 0 spiro atoms. The van der Waals surface area contributed by atoms with Gasteiger partial charge in [-0.25, -0.2) is 4.79 Å². The van der Waals surface area contributed by atoms with Crippen LogP contribution in [0.5, 0.6) is 0 Å². The molecular weight excluding hydrogens is 293 g/mol. The number of carbonyl (C=O) groups excluding carboxylic acids is 1. The van der Waals surface area contributed by atoms with E-state index >= 15 is 0 Å². The molecule has 1 amide bonds. The Hall–Kier alpha value is 0. The second-order valence-electron chi connectivity index (χ2n) is 4.62. The first-order valence-electron chi connectivity index (χ1n) is 4.99. The van der Waals surface area contributed by atoms with E-state index < -0.39 is 0 Å². The smallest absolute Gasteiger partial charge is 0.410 e. The number of ether oxygens (including phenoxy) is 1. The van der Waals surface area contributed by atoms with Crippen molar-refractivity contribution in [3.63, 3.8) is 0 Å². The maximum absolute atomic E-state index is 11.7. The van der Waals surface area contributed by atoms with Crippen molar-refractivity contribution in [3.05, 3.63) is 0 Å². The molecule has 0 aromatic heterocycles. The summed E-state index contributed by atoms with van der Waals surface area (Å²) in [5, 5.41) is 0. The first-order chi connectivity index (χ1) is 6.44. The zero-order valence-electron chi connectivity index (χ0n) is 9.05. The topological polar surface area (TPSA) is 29.5 Å². The maximum atomic E-state index is 11.7. The number of halogens is 1. The molecule has 1 rings (SSSR count). The van der Waals surface area contributed by atoms with E-state index in [4.69, 9.17) is 4.74 Å². The van der Waals surface area contributed by atoms with E-state index in [1.807, 2.05) is 25.7 Å². The number of alkyl halides is 1. The van der Waals surface area contributed by atoms with Gasteiger partial charge in [0, 0.05) is 17.0 Å². The number of carbonyl (C=O) groups is 1. The fraction of sp³-hybridized carbons (Fsp3) is 0.900. The second kappa shape index (κ2) is 4.68. The predicted octanol–water partition coefficient (Wildman–Crippen LogP) is 2.82. The standard InChI is InChI=1S/C10H18INO2/c1-10(2,3)14-9(13)12-6-4-5-8(12)7-11/h8H,4-7H2,1-3H3/t8-/m1/s1. The summed E-state index contributed by atoms with van der Waals surface area (Å²) in [5.74, 6) is 0. The van der Waals surface area contributed by atoms with Gasteiger partial charge in [0.05, 0.1) is 0 Å². The zero-order chi connectivity index (χ0) is 10.8. The van der Waals surface area contributed by atoms with Gasteiger partial charge in [-0.1, -0.05) is 22.6 Å². The van der Waals surface area contributed by atoms with Gasteiger partial charge < -0.3 is 9.64 Å². The Kier molecular flexibility index (Phi) is 4.04. The van der Waals surface area contributed by atoms with Gasteiger partial charge in [0.2, 0.25) is 0 Å². The number of hydrogen-bond donors (Lipinski definition) is 0. The van der Waals surface area contributed by atoms with Crippen LogP contribution >= 0.6 is 22.6 Å². The van der Waals surface area contributed by atoms with E-state index in [-0.39, 0.29) is 11.7 Å². The lowest BCUT2D eigenvalue weighted by Gasteiger charge is -2.27. The Bertz CT molecular complexity index is 213. The van der Waals surface area contributed by atoms with E-state index in [0.717, 1.165) is 23.8 Å². The molecule has 14 heavy (non-hydrogen) atoms. The van der Waals surface area contributed by atoms with Crippen LogP contribution in [0.1, 0.15) is 33.6 Å². The second-order valence-corrected chi connectivity index (χ2v) is 5.50. The van der Waals surface area contributed by atoms with Crippen molar-refractivity contribution in [1.29, 1.82) is 0 Å². The van der Waals surface area contributed by atoms with Crippen LogP contribution in [0.2, 0.25) is 0 Å². The molecule has 1 atom stereocenters. The van der Waals surface area contributed by atoms with E-state index in [2.05, 4.69) is 22.6 Å². The van der Waals surface area contributed by atoms with Gasteiger partial charge in [-0.15, -0.1) is 0 Å². The SMILES string of the molecule is CC(C)(C)OC(=O)N1CCC[C@@H]1CI. The predicted molar refractivity (Wildman–Crippen MR) is 64.8 cm³/mol. The molecule has 4 heteroatoms. The number of likely N-dealkylation sites (tertiary alicyclic amines) is 1. The van der Waals surface area contributed by atoms with E-state index in [1.165, 1.54) is 0 Å². The van der Waals surface area contributed by atoms with Gasteiger partial charge in [0.25, 0.3) is 0 Å². The highest BCUT2D eigenvalue weighted by Crippen LogP contribution is 2.21. The molecule has 82 valence electrons. The summed E-state index contributed by atoms with van der Waals surface area (Å²) < 4.78 is 6.33. The Morgan fingerprint density at radius 3 is 2.71 bits per heavy atom. The minimum absolute atomic E-state index is 0.156. The van der Waals surface area contributed by atoms with Crippen LogP contribution in [0.4, 0.5) is 4.79 Å². The molecule has 0 radical (unpaired) electrons. The van der Waals surface area contributed by atoms with Gasteiger partial charge in [-0.3, -0.25) is 0 Å². The van der Waals surface area contributed by atoms with E-state index in [1.54, 1.807) is 0 Å². The number of rotatable bonds is 1. The van der Waals surface area contributed by atoms with Crippen molar-refractivity contribution >= 4 is 28.7 Å². The van der Waals surface area contributed by atoms with Gasteiger partial charge in [-0.05, 0) is 33.6 Å². The average molecular weight is 311 g/mol. The van der Waals surface area contributed by atoms with Crippen molar-refractivity contribution in [2.75, 3.05) is 11.0 Å². The highest BCUT2D eigenvalue weighted by atomic mass is 127. The van der Waals surface area contributed by atoms with Gasteiger partial charge in [0.15, 0.2) is 0 Å². The lowest BCUT2D eigenvalue weighted by atomic mass is 10.2. The summed E-state index contributed by atoms with van der Waals surface area (Å²) in [7, 11) is 0. The molecule has 1 aliphatic rings. The van der Waals surface area contributed by atoms with Crippen molar-refractivity contribution in [2.24, 2.45) is 0 Å². The Balaban J connectivity index is 2.52. The van der Waals surface area contributed by atoms with Crippen LogP contribution < -0.4 is 0 Å². The molecule has 0 aliphatic carbocycles. The molecule has 0 unspecified atom stereocenters. The average Bonchev–Trinajstić information content (AvgIpc) is 2.47. The Morgan fingerprint density at radius 2 is 2.21 bits per heavy atom. The van der Waals surface area contributed by atoms with E-state index in [9.17, 15) is 4.79 Å². The van der Waals surface area contributed by atoms with Crippen LogP contribution in [0.3, 0.4) is 0 Å². The molecular formula is C10H18INO2. The maximum Gasteiger partial charge on any atom is 0.410 e. The lowest BCUT2D eigenvalue weighted by molar-refractivity contribution is 0.0244.